The van der Waals surface area contributed by atoms with Gasteiger partial charge in [0.25, 0.3) is 5.69 Å². The molecule has 0 unspecified atom stereocenters. The van der Waals surface area contributed by atoms with Gasteiger partial charge < -0.3 is 4.98 Å². The zero-order valence-electron chi connectivity index (χ0n) is 7.58. The van der Waals surface area contributed by atoms with Crippen molar-refractivity contribution in [2.45, 2.75) is 6.18 Å². The highest BCUT2D eigenvalue weighted by molar-refractivity contribution is 5.86. The summed E-state index contributed by atoms with van der Waals surface area (Å²) < 4.78 is 36.8. The molecule has 0 fully saturated rings. The lowest BCUT2D eigenvalue weighted by atomic mass is 10.2. The SMILES string of the molecule is O=[N+]([O-])c1c[nH]c2nc(C(F)(F)F)ccc12. The van der Waals surface area contributed by atoms with Crippen LogP contribution in [0.4, 0.5) is 18.9 Å². The van der Waals surface area contributed by atoms with Gasteiger partial charge in [0.15, 0.2) is 0 Å². The lowest BCUT2D eigenvalue weighted by Gasteiger charge is -2.04. The zero-order chi connectivity index (χ0) is 11.9. The highest BCUT2D eigenvalue weighted by Crippen LogP contribution is 2.31. The predicted molar refractivity (Wildman–Crippen MR) is 47.8 cm³/mol. The smallest absolute Gasteiger partial charge is 0.340 e. The number of aromatic amines is 1. The largest absolute Gasteiger partial charge is 0.433 e. The fourth-order valence-corrected chi connectivity index (χ4v) is 1.30. The molecule has 84 valence electrons. The van der Waals surface area contributed by atoms with E-state index >= 15 is 0 Å². The molecule has 0 atom stereocenters. The highest BCUT2D eigenvalue weighted by atomic mass is 19.4. The predicted octanol–water partition coefficient (Wildman–Crippen LogP) is 2.49. The summed E-state index contributed by atoms with van der Waals surface area (Å²) in [6, 6.07) is 1.74. The molecular weight excluding hydrogens is 227 g/mol. The van der Waals surface area contributed by atoms with Crippen molar-refractivity contribution in [2.75, 3.05) is 0 Å². The maximum atomic E-state index is 12.3. The molecule has 0 aliphatic carbocycles. The highest BCUT2D eigenvalue weighted by Gasteiger charge is 2.33. The van der Waals surface area contributed by atoms with Crippen LogP contribution < -0.4 is 0 Å². The topological polar surface area (TPSA) is 71.8 Å². The number of nitrogens with one attached hydrogen (secondary N) is 1. The first-order valence-electron chi connectivity index (χ1n) is 4.09. The Labute approximate surface area is 86.1 Å². The number of hydrogen-bond donors (Lipinski definition) is 1. The second-order valence-corrected chi connectivity index (χ2v) is 3.02. The van der Waals surface area contributed by atoms with E-state index in [1.54, 1.807) is 0 Å². The summed E-state index contributed by atoms with van der Waals surface area (Å²) in [6.07, 6.45) is -3.55. The minimum absolute atomic E-state index is 0.0537. The molecule has 8 heteroatoms. The molecule has 1 N–H and O–H groups in total. The van der Waals surface area contributed by atoms with Gasteiger partial charge in [-0.15, -0.1) is 0 Å². The molecule has 5 nitrogen and oxygen atoms in total. The Hall–Kier alpha value is -2.12. The van der Waals surface area contributed by atoms with Crippen molar-refractivity contribution in [3.8, 4) is 0 Å². The van der Waals surface area contributed by atoms with Crippen molar-refractivity contribution in [1.29, 1.82) is 0 Å². The van der Waals surface area contributed by atoms with Gasteiger partial charge in [0.05, 0.1) is 16.5 Å². The van der Waals surface area contributed by atoms with Crippen molar-refractivity contribution in [2.24, 2.45) is 0 Å². The van der Waals surface area contributed by atoms with E-state index in [2.05, 4.69) is 9.97 Å². The maximum absolute atomic E-state index is 12.3. The van der Waals surface area contributed by atoms with E-state index in [1.807, 2.05) is 0 Å². The van der Waals surface area contributed by atoms with Gasteiger partial charge in [0.2, 0.25) is 0 Å². The number of nitro groups is 1. The Kier molecular flexibility index (Phi) is 2.07. The number of nitrogens with zero attached hydrogens (tertiary/aromatic N) is 2. The van der Waals surface area contributed by atoms with E-state index in [-0.39, 0.29) is 16.7 Å². The van der Waals surface area contributed by atoms with E-state index < -0.39 is 16.8 Å². The molecule has 0 aromatic carbocycles. The molecule has 0 saturated carbocycles. The average Bonchev–Trinajstić information content (AvgIpc) is 2.58. The lowest BCUT2D eigenvalue weighted by molar-refractivity contribution is -0.383. The number of H-pyrrole nitrogens is 1. The van der Waals surface area contributed by atoms with Crippen LogP contribution in [0.3, 0.4) is 0 Å². The molecule has 0 aliphatic rings. The monoisotopic (exact) mass is 231 g/mol. The average molecular weight is 231 g/mol. The first-order chi connectivity index (χ1) is 7.39. The first kappa shape index (κ1) is 10.4. The minimum atomic E-state index is -4.56. The third kappa shape index (κ3) is 1.58. The zero-order valence-corrected chi connectivity index (χ0v) is 7.58. The van der Waals surface area contributed by atoms with Crippen LogP contribution in [0.15, 0.2) is 18.3 Å². The minimum Gasteiger partial charge on any atom is -0.340 e. The van der Waals surface area contributed by atoms with E-state index in [1.165, 1.54) is 0 Å². The molecule has 2 aromatic heterocycles. The van der Waals surface area contributed by atoms with Crippen LogP contribution in [0, 0.1) is 10.1 Å². The second kappa shape index (κ2) is 3.19. The molecule has 0 amide bonds. The van der Waals surface area contributed by atoms with Crippen LogP contribution in [0.2, 0.25) is 0 Å². The number of fused-ring (bicyclic) bond motifs is 1. The third-order valence-electron chi connectivity index (χ3n) is 2.00. The van der Waals surface area contributed by atoms with Crippen LogP contribution in [0.5, 0.6) is 0 Å². The number of rotatable bonds is 1. The molecule has 0 radical (unpaired) electrons. The second-order valence-electron chi connectivity index (χ2n) is 3.02. The molecule has 16 heavy (non-hydrogen) atoms. The third-order valence-corrected chi connectivity index (χ3v) is 2.00. The molecule has 2 rings (SSSR count). The molecule has 0 spiro atoms. The van der Waals surface area contributed by atoms with Crippen LogP contribution in [0.1, 0.15) is 5.69 Å². The molecule has 2 heterocycles. The van der Waals surface area contributed by atoms with Gasteiger partial charge in [-0.2, -0.15) is 13.2 Å². The van der Waals surface area contributed by atoms with E-state index in [0.717, 1.165) is 12.3 Å². The van der Waals surface area contributed by atoms with Gasteiger partial charge in [0, 0.05) is 0 Å². The van der Waals surface area contributed by atoms with E-state index in [4.69, 9.17) is 0 Å². The number of hydrogen-bond acceptors (Lipinski definition) is 3. The van der Waals surface area contributed by atoms with E-state index in [0.29, 0.717) is 6.07 Å². The Morgan fingerprint density at radius 3 is 2.62 bits per heavy atom. The van der Waals surface area contributed by atoms with Gasteiger partial charge in [-0.3, -0.25) is 10.1 Å². The quantitative estimate of drug-likeness (QED) is 0.605. The van der Waals surface area contributed by atoms with Crippen LogP contribution in [-0.4, -0.2) is 14.9 Å². The number of pyridine rings is 1. The Morgan fingerprint density at radius 1 is 1.38 bits per heavy atom. The van der Waals surface area contributed by atoms with Gasteiger partial charge in [-0.25, -0.2) is 4.98 Å². The summed E-state index contributed by atoms with van der Waals surface area (Å²) in [5.41, 5.74) is -1.53. The molecular formula is C8H4F3N3O2. The lowest BCUT2D eigenvalue weighted by Crippen LogP contribution is -2.07. The summed E-state index contributed by atoms with van der Waals surface area (Å²) in [5, 5.41) is 10.5. The molecule has 0 bridgehead atoms. The number of aromatic nitrogens is 2. The summed E-state index contributed by atoms with van der Waals surface area (Å²) in [5.74, 6) is 0. The maximum Gasteiger partial charge on any atom is 0.433 e. The summed E-state index contributed by atoms with van der Waals surface area (Å²) in [7, 11) is 0. The standard InChI is InChI=1S/C8H4F3N3O2/c9-8(10,11)6-2-1-4-5(14(15)16)3-12-7(4)13-6/h1-3H,(H,12,13). The van der Waals surface area contributed by atoms with Gasteiger partial charge in [-0.1, -0.05) is 0 Å². The van der Waals surface area contributed by atoms with Crippen molar-refractivity contribution in [1.82, 2.24) is 9.97 Å². The van der Waals surface area contributed by atoms with E-state index in [9.17, 15) is 23.3 Å². The van der Waals surface area contributed by atoms with Crippen LogP contribution >= 0.6 is 0 Å². The van der Waals surface area contributed by atoms with Crippen molar-refractivity contribution in [3.05, 3.63) is 34.1 Å². The number of halogens is 3. The first-order valence-corrected chi connectivity index (χ1v) is 4.09. The Balaban J connectivity index is 2.62. The number of alkyl halides is 3. The fraction of sp³-hybridized carbons (Fsp3) is 0.125. The Morgan fingerprint density at radius 2 is 2.06 bits per heavy atom. The molecule has 0 aliphatic heterocycles. The van der Waals surface area contributed by atoms with Crippen LogP contribution in [0.25, 0.3) is 11.0 Å². The van der Waals surface area contributed by atoms with Crippen molar-refractivity contribution < 1.29 is 18.1 Å². The van der Waals surface area contributed by atoms with Crippen molar-refractivity contribution in [3.63, 3.8) is 0 Å². The normalized spacial score (nSPS) is 11.9. The van der Waals surface area contributed by atoms with Crippen LogP contribution in [-0.2, 0) is 6.18 Å². The van der Waals surface area contributed by atoms with Crippen molar-refractivity contribution >= 4 is 16.7 Å². The molecule has 0 saturated heterocycles. The summed E-state index contributed by atoms with van der Waals surface area (Å²) in [4.78, 5) is 15.4. The summed E-state index contributed by atoms with van der Waals surface area (Å²) in [6.45, 7) is 0. The van der Waals surface area contributed by atoms with Gasteiger partial charge in [-0.05, 0) is 12.1 Å². The van der Waals surface area contributed by atoms with Gasteiger partial charge in [0.1, 0.15) is 11.3 Å². The molecule has 2 aromatic rings. The Bertz CT molecular complexity index is 561. The fourth-order valence-electron chi connectivity index (χ4n) is 1.30. The van der Waals surface area contributed by atoms with Gasteiger partial charge >= 0.3 is 6.18 Å². The summed E-state index contributed by atoms with van der Waals surface area (Å²) >= 11 is 0.